The zero-order valence-corrected chi connectivity index (χ0v) is 15.3. The molecule has 2 aromatic rings. The average Bonchev–Trinajstić information content (AvgIpc) is 2.94. The summed E-state index contributed by atoms with van der Waals surface area (Å²) in [6.07, 6.45) is 1.57. The minimum absolute atomic E-state index is 0.190. The number of halogens is 1. The van der Waals surface area contributed by atoms with Gasteiger partial charge in [0.05, 0.1) is 25.0 Å². The second-order valence-electron chi connectivity index (χ2n) is 4.74. The molecular formula is C15H18BrN3O3S. The van der Waals surface area contributed by atoms with E-state index < -0.39 is 0 Å². The van der Waals surface area contributed by atoms with Crippen LogP contribution in [0.4, 0.5) is 10.5 Å². The van der Waals surface area contributed by atoms with Gasteiger partial charge in [-0.1, -0.05) is 0 Å². The van der Waals surface area contributed by atoms with Crippen LogP contribution in [-0.2, 0) is 11.3 Å². The number of ether oxygens (including phenoxy) is 2. The summed E-state index contributed by atoms with van der Waals surface area (Å²) >= 11 is 5.01. The molecule has 2 aromatic heterocycles. The second-order valence-corrected chi connectivity index (χ2v) is 6.66. The van der Waals surface area contributed by atoms with Crippen molar-refractivity contribution in [1.82, 2.24) is 9.88 Å². The molecule has 0 radical (unpaired) electrons. The van der Waals surface area contributed by atoms with Crippen LogP contribution in [0.5, 0.6) is 5.88 Å². The summed E-state index contributed by atoms with van der Waals surface area (Å²) in [5, 5.41) is 4.79. The summed E-state index contributed by atoms with van der Waals surface area (Å²) in [6, 6.07) is 5.27. The van der Waals surface area contributed by atoms with Crippen molar-refractivity contribution < 1.29 is 14.3 Å². The molecule has 2 rings (SSSR count). The van der Waals surface area contributed by atoms with Crippen molar-refractivity contribution in [1.29, 1.82) is 0 Å². The van der Waals surface area contributed by atoms with Crippen molar-refractivity contribution in [2.45, 2.75) is 6.54 Å². The number of carbonyl (C=O) groups is 1. The molecule has 2 amide bonds. The molecule has 2 heterocycles. The molecule has 0 bridgehead atoms. The zero-order valence-electron chi connectivity index (χ0n) is 12.9. The first kappa shape index (κ1) is 17.7. The number of hydrogen-bond acceptors (Lipinski definition) is 5. The number of amides is 2. The minimum Gasteiger partial charge on any atom is -0.475 e. The highest BCUT2D eigenvalue weighted by atomic mass is 79.9. The molecule has 1 N–H and O–H groups in total. The van der Waals surface area contributed by atoms with E-state index in [-0.39, 0.29) is 6.03 Å². The largest absolute Gasteiger partial charge is 0.475 e. The van der Waals surface area contributed by atoms with E-state index in [1.54, 1.807) is 48.7 Å². The fourth-order valence-electron chi connectivity index (χ4n) is 1.73. The standard InChI is InChI=1S/C15H18BrN3O3S/c1-19(9-13-7-11(16)10-23-13)15(20)18-12-3-4-14(17-8-12)22-6-5-21-2/h3-4,7-8,10H,5-6,9H2,1-2H3,(H,18,20). The number of hydrogen-bond donors (Lipinski definition) is 1. The van der Waals surface area contributed by atoms with Crippen molar-refractivity contribution >= 4 is 39.0 Å². The van der Waals surface area contributed by atoms with Crippen LogP contribution in [0, 0.1) is 0 Å². The molecular weight excluding hydrogens is 382 g/mol. The lowest BCUT2D eigenvalue weighted by Gasteiger charge is -2.17. The third-order valence-corrected chi connectivity index (χ3v) is 4.57. The predicted molar refractivity (Wildman–Crippen MR) is 94.1 cm³/mol. The van der Waals surface area contributed by atoms with Crippen molar-refractivity contribution in [2.75, 3.05) is 32.7 Å². The quantitative estimate of drug-likeness (QED) is 0.722. The maximum atomic E-state index is 12.2. The van der Waals surface area contributed by atoms with Crippen LogP contribution in [-0.4, -0.2) is 43.3 Å². The normalized spacial score (nSPS) is 10.4. The van der Waals surface area contributed by atoms with Gasteiger partial charge in [-0.15, -0.1) is 11.3 Å². The van der Waals surface area contributed by atoms with Crippen LogP contribution in [0.1, 0.15) is 4.88 Å². The number of thiophene rings is 1. The lowest BCUT2D eigenvalue weighted by atomic mass is 10.4. The number of urea groups is 1. The Labute approximate surface area is 147 Å². The molecule has 0 saturated heterocycles. The van der Waals surface area contributed by atoms with E-state index >= 15 is 0 Å². The fourth-order valence-corrected chi connectivity index (χ4v) is 3.23. The molecule has 124 valence electrons. The molecule has 0 spiro atoms. The molecule has 0 unspecified atom stereocenters. The highest BCUT2D eigenvalue weighted by Crippen LogP contribution is 2.21. The van der Waals surface area contributed by atoms with Crippen molar-refractivity contribution in [2.24, 2.45) is 0 Å². The summed E-state index contributed by atoms with van der Waals surface area (Å²) in [5.41, 5.74) is 0.619. The van der Waals surface area contributed by atoms with Crippen LogP contribution in [0.2, 0.25) is 0 Å². The van der Waals surface area contributed by atoms with E-state index in [1.807, 2.05) is 11.4 Å². The van der Waals surface area contributed by atoms with E-state index in [1.165, 1.54) is 0 Å². The first-order valence-corrected chi connectivity index (χ1v) is 8.58. The van der Waals surface area contributed by atoms with Gasteiger partial charge in [-0.25, -0.2) is 9.78 Å². The number of methoxy groups -OCH3 is 1. The van der Waals surface area contributed by atoms with Gasteiger partial charge in [0.1, 0.15) is 6.61 Å². The van der Waals surface area contributed by atoms with Crippen LogP contribution in [0.3, 0.4) is 0 Å². The van der Waals surface area contributed by atoms with E-state index in [4.69, 9.17) is 9.47 Å². The summed E-state index contributed by atoms with van der Waals surface area (Å²) in [6.45, 7) is 1.49. The van der Waals surface area contributed by atoms with Gasteiger partial charge in [-0.3, -0.25) is 0 Å². The van der Waals surface area contributed by atoms with Crippen LogP contribution < -0.4 is 10.1 Å². The Kier molecular flexibility index (Phi) is 6.82. The number of rotatable bonds is 7. The number of pyridine rings is 1. The van der Waals surface area contributed by atoms with Crippen LogP contribution in [0.25, 0.3) is 0 Å². The SMILES string of the molecule is COCCOc1ccc(NC(=O)N(C)Cc2cc(Br)cs2)cn1. The number of anilines is 1. The van der Waals surface area contributed by atoms with Crippen molar-refractivity contribution in [3.63, 3.8) is 0 Å². The van der Waals surface area contributed by atoms with Crippen molar-refractivity contribution in [3.05, 3.63) is 39.1 Å². The number of carbonyl (C=O) groups excluding carboxylic acids is 1. The Morgan fingerprint density at radius 1 is 1.43 bits per heavy atom. The molecule has 0 saturated carbocycles. The second kappa shape index (κ2) is 8.85. The average molecular weight is 400 g/mol. The molecule has 0 aliphatic carbocycles. The third-order valence-electron chi connectivity index (χ3n) is 2.89. The molecule has 0 atom stereocenters. The van der Waals surface area contributed by atoms with Crippen LogP contribution in [0.15, 0.2) is 34.2 Å². The Bertz CT molecular complexity index is 633. The Morgan fingerprint density at radius 2 is 2.26 bits per heavy atom. The topological polar surface area (TPSA) is 63.7 Å². The van der Waals surface area contributed by atoms with Gasteiger partial charge in [0.25, 0.3) is 0 Å². The van der Waals surface area contributed by atoms with E-state index in [0.29, 0.717) is 31.3 Å². The van der Waals surface area contributed by atoms with Crippen molar-refractivity contribution in [3.8, 4) is 5.88 Å². The first-order chi connectivity index (χ1) is 11.1. The first-order valence-electron chi connectivity index (χ1n) is 6.91. The molecule has 0 aromatic carbocycles. The summed E-state index contributed by atoms with van der Waals surface area (Å²) < 4.78 is 11.3. The number of nitrogens with zero attached hydrogens (tertiary/aromatic N) is 2. The molecule has 8 heteroatoms. The van der Waals surface area contributed by atoms with Gasteiger partial charge < -0.3 is 19.7 Å². The summed E-state index contributed by atoms with van der Waals surface area (Å²) in [4.78, 5) is 19.0. The molecule has 6 nitrogen and oxygen atoms in total. The lowest BCUT2D eigenvalue weighted by Crippen LogP contribution is -2.30. The third kappa shape index (κ3) is 5.81. The zero-order chi connectivity index (χ0) is 16.7. The van der Waals surface area contributed by atoms with E-state index in [2.05, 4.69) is 26.2 Å². The predicted octanol–water partition coefficient (Wildman–Crippen LogP) is 3.59. The number of nitrogens with one attached hydrogen (secondary N) is 1. The maximum Gasteiger partial charge on any atom is 0.321 e. The maximum absolute atomic E-state index is 12.2. The Morgan fingerprint density at radius 3 is 2.87 bits per heavy atom. The molecule has 23 heavy (non-hydrogen) atoms. The highest BCUT2D eigenvalue weighted by molar-refractivity contribution is 9.10. The van der Waals surface area contributed by atoms with Gasteiger partial charge in [-0.2, -0.15) is 0 Å². The van der Waals surface area contributed by atoms with E-state index in [0.717, 1.165) is 9.35 Å². The summed E-state index contributed by atoms with van der Waals surface area (Å²) in [5.74, 6) is 0.497. The minimum atomic E-state index is -0.190. The number of aromatic nitrogens is 1. The van der Waals surface area contributed by atoms with Gasteiger partial charge in [0.15, 0.2) is 0 Å². The van der Waals surface area contributed by atoms with Gasteiger partial charge in [0, 0.05) is 35.0 Å². The fraction of sp³-hybridized carbons (Fsp3) is 0.333. The van der Waals surface area contributed by atoms with Gasteiger partial charge in [0.2, 0.25) is 5.88 Å². The summed E-state index contributed by atoms with van der Waals surface area (Å²) in [7, 11) is 3.36. The highest BCUT2D eigenvalue weighted by Gasteiger charge is 2.11. The van der Waals surface area contributed by atoms with Gasteiger partial charge in [-0.05, 0) is 28.1 Å². The molecule has 0 aliphatic heterocycles. The smallest absolute Gasteiger partial charge is 0.321 e. The molecule has 0 fully saturated rings. The van der Waals surface area contributed by atoms with Gasteiger partial charge >= 0.3 is 6.03 Å². The lowest BCUT2D eigenvalue weighted by molar-refractivity contribution is 0.144. The Balaban J connectivity index is 1.84. The molecule has 0 aliphatic rings. The van der Waals surface area contributed by atoms with E-state index in [9.17, 15) is 4.79 Å². The Hall–Kier alpha value is -1.64. The monoisotopic (exact) mass is 399 g/mol. The van der Waals surface area contributed by atoms with Crippen LogP contribution >= 0.6 is 27.3 Å².